The first-order chi connectivity index (χ1) is 9.41. The topological polar surface area (TPSA) is 90.8 Å². The molecular weight excluding hydrogens is 260 g/mol. The largest absolute Gasteiger partial charge is 0.359 e. The second kappa shape index (κ2) is 5.32. The lowest BCUT2D eigenvalue weighted by Crippen LogP contribution is -2.09. The van der Waals surface area contributed by atoms with Crippen LogP contribution in [0.4, 0.5) is 11.5 Å². The van der Waals surface area contributed by atoms with Gasteiger partial charge in [0.05, 0.1) is 17.2 Å². The number of hydrogen-bond acceptors (Lipinski definition) is 5. The van der Waals surface area contributed by atoms with Gasteiger partial charge in [-0.3, -0.25) is 14.8 Å². The lowest BCUT2D eigenvalue weighted by Gasteiger charge is -2.06. The molecule has 2 rings (SSSR count). The predicted molar refractivity (Wildman–Crippen MR) is 74.5 cm³/mol. The molecule has 0 aliphatic heterocycles. The van der Waals surface area contributed by atoms with Crippen molar-refractivity contribution in [3.63, 3.8) is 0 Å². The Hall–Kier alpha value is -2.38. The van der Waals surface area contributed by atoms with Crippen LogP contribution in [0.3, 0.4) is 0 Å². The molecule has 0 saturated carbocycles. The van der Waals surface area contributed by atoms with Gasteiger partial charge in [0.1, 0.15) is 5.69 Å². The van der Waals surface area contributed by atoms with Crippen molar-refractivity contribution in [1.29, 1.82) is 0 Å². The quantitative estimate of drug-likeness (QED) is 0.665. The average Bonchev–Trinajstić information content (AvgIpc) is 2.90. The Kier molecular flexibility index (Phi) is 3.73. The average molecular weight is 278 g/mol. The molecule has 0 radical (unpaired) electrons. The minimum absolute atomic E-state index is 0.00569. The number of rotatable bonds is 5. The van der Waals surface area contributed by atoms with Gasteiger partial charge >= 0.3 is 5.69 Å². The lowest BCUT2D eigenvalue weighted by atomic mass is 10.1. The van der Waals surface area contributed by atoms with Crippen molar-refractivity contribution in [1.82, 2.24) is 19.6 Å². The van der Waals surface area contributed by atoms with E-state index in [0.29, 0.717) is 18.1 Å². The second-order valence-electron chi connectivity index (χ2n) is 4.92. The van der Waals surface area contributed by atoms with Gasteiger partial charge in [-0.05, 0) is 6.07 Å². The van der Waals surface area contributed by atoms with Crippen molar-refractivity contribution < 1.29 is 4.92 Å². The van der Waals surface area contributed by atoms with Crippen molar-refractivity contribution in [3.05, 3.63) is 33.8 Å². The SMILES string of the molecule is CC(C)c1nn(C)c(NCc2ccnn2C)c1[N+](=O)[O-]. The fourth-order valence-electron chi connectivity index (χ4n) is 2.05. The summed E-state index contributed by atoms with van der Waals surface area (Å²) in [6, 6.07) is 1.86. The van der Waals surface area contributed by atoms with Gasteiger partial charge in [-0.15, -0.1) is 0 Å². The molecule has 0 atom stereocenters. The molecule has 0 bridgehead atoms. The third kappa shape index (κ3) is 2.49. The van der Waals surface area contributed by atoms with E-state index >= 15 is 0 Å². The van der Waals surface area contributed by atoms with Gasteiger partial charge in [0.15, 0.2) is 0 Å². The minimum Gasteiger partial charge on any atom is -0.359 e. The zero-order valence-corrected chi connectivity index (χ0v) is 12.0. The van der Waals surface area contributed by atoms with E-state index in [2.05, 4.69) is 15.5 Å². The molecule has 20 heavy (non-hydrogen) atoms. The van der Waals surface area contributed by atoms with Crippen LogP contribution in [0.5, 0.6) is 0 Å². The molecule has 0 unspecified atom stereocenters. The molecule has 1 N–H and O–H groups in total. The van der Waals surface area contributed by atoms with E-state index in [4.69, 9.17) is 0 Å². The number of aryl methyl sites for hydroxylation is 2. The highest BCUT2D eigenvalue weighted by atomic mass is 16.6. The van der Waals surface area contributed by atoms with Crippen LogP contribution in [-0.4, -0.2) is 24.5 Å². The van der Waals surface area contributed by atoms with Crippen molar-refractivity contribution in [3.8, 4) is 0 Å². The van der Waals surface area contributed by atoms with Crippen LogP contribution in [-0.2, 0) is 20.6 Å². The van der Waals surface area contributed by atoms with Crippen molar-refractivity contribution >= 4 is 11.5 Å². The summed E-state index contributed by atoms with van der Waals surface area (Å²) < 4.78 is 3.24. The van der Waals surface area contributed by atoms with Crippen molar-refractivity contribution in [2.45, 2.75) is 26.3 Å². The van der Waals surface area contributed by atoms with Crippen LogP contribution < -0.4 is 5.32 Å². The molecule has 8 nitrogen and oxygen atoms in total. The number of nitrogens with one attached hydrogen (secondary N) is 1. The maximum Gasteiger partial charge on any atom is 0.334 e. The maximum absolute atomic E-state index is 11.3. The van der Waals surface area contributed by atoms with E-state index in [1.807, 2.05) is 27.0 Å². The van der Waals surface area contributed by atoms with Crippen LogP contribution in [0.1, 0.15) is 31.2 Å². The third-order valence-corrected chi connectivity index (χ3v) is 3.14. The fourth-order valence-corrected chi connectivity index (χ4v) is 2.05. The normalized spacial score (nSPS) is 11.1. The van der Waals surface area contributed by atoms with E-state index in [9.17, 15) is 10.1 Å². The summed E-state index contributed by atoms with van der Waals surface area (Å²) in [5, 5.41) is 22.7. The monoisotopic (exact) mass is 278 g/mol. The summed E-state index contributed by atoms with van der Waals surface area (Å²) >= 11 is 0. The van der Waals surface area contributed by atoms with Crippen LogP contribution in [0.25, 0.3) is 0 Å². The number of aromatic nitrogens is 4. The molecule has 2 heterocycles. The lowest BCUT2D eigenvalue weighted by molar-refractivity contribution is -0.384. The Morgan fingerprint density at radius 1 is 1.40 bits per heavy atom. The molecule has 0 aliphatic rings. The van der Waals surface area contributed by atoms with E-state index in [1.165, 1.54) is 4.68 Å². The molecule has 0 amide bonds. The fraction of sp³-hybridized carbons (Fsp3) is 0.500. The summed E-state index contributed by atoms with van der Waals surface area (Å²) in [6.45, 7) is 4.23. The first-order valence-corrected chi connectivity index (χ1v) is 6.33. The number of nitrogens with zero attached hydrogens (tertiary/aromatic N) is 5. The van der Waals surface area contributed by atoms with Gasteiger partial charge in [-0.25, -0.2) is 4.68 Å². The molecule has 8 heteroatoms. The highest BCUT2D eigenvalue weighted by Gasteiger charge is 2.28. The standard InChI is InChI=1S/C12H18N6O2/c1-8(2)10-11(18(19)20)12(17(4)15-10)13-7-9-5-6-14-16(9)3/h5-6,8,13H,7H2,1-4H3. The Bertz CT molecular complexity index is 628. The molecule has 0 aromatic carbocycles. The van der Waals surface area contributed by atoms with Gasteiger partial charge in [0.25, 0.3) is 0 Å². The molecule has 2 aromatic rings. The van der Waals surface area contributed by atoms with Crippen molar-refractivity contribution in [2.75, 3.05) is 5.32 Å². The summed E-state index contributed by atoms with van der Waals surface area (Å²) in [5.74, 6) is 0.411. The van der Waals surface area contributed by atoms with Crippen molar-refractivity contribution in [2.24, 2.45) is 14.1 Å². The van der Waals surface area contributed by atoms with Gasteiger partial charge < -0.3 is 5.32 Å². The van der Waals surface area contributed by atoms with E-state index in [-0.39, 0.29) is 16.5 Å². The molecule has 108 valence electrons. The Morgan fingerprint density at radius 3 is 2.60 bits per heavy atom. The number of anilines is 1. The van der Waals surface area contributed by atoms with Crippen LogP contribution in [0.2, 0.25) is 0 Å². The summed E-state index contributed by atoms with van der Waals surface area (Å²) in [5.41, 5.74) is 1.47. The smallest absolute Gasteiger partial charge is 0.334 e. The zero-order chi connectivity index (χ0) is 14.9. The Balaban J connectivity index is 2.31. The third-order valence-electron chi connectivity index (χ3n) is 3.14. The molecule has 0 aliphatic carbocycles. The van der Waals surface area contributed by atoms with Crippen LogP contribution >= 0.6 is 0 Å². The summed E-state index contributed by atoms with van der Waals surface area (Å²) in [7, 11) is 3.53. The van der Waals surface area contributed by atoms with Gasteiger partial charge in [-0.2, -0.15) is 10.2 Å². The molecule has 0 spiro atoms. The first-order valence-electron chi connectivity index (χ1n) is 6.33. The Morgan fingerprint density at radius 2 is 2.10 bits per heavy atom. The highest BCUT2D eigenvalue weighted by molar-refractivity contribution is 5.60. The molecule has 0 saturated heterocycles. The van der Waals surface area contributed by atoms with E-state index in [1.54, 1.807) is 17.9 Å². The zero-order valence-electron chi connectivity index (χ0n) is 12.0. The summed E-state index contributed by atoms with van der Waals surface area (Å²) in [6.07, 6.45) is 1.69. The molecular formula is C12H18N6O2. The molecule has 2 aromatic heterocycles. The highest BCUT2D eigenvalue weighted by Crippen LogP contribution is 2.32. The van der Waals surface area contributed by atoms with E-state index < -0.39 is 0 Å². The first kappa shape index (κ1) is 14.0. The van der Waals surface area contributed by atoms with Crippen LogP contribution in [0.15, 0.2) is 12.3 Å². The summed E-state index contributed by atoms with van der Waals surface area (Å²) in [4.78, 5) is 10.9. The number of nitro groups is 1. The van der Waals surface area contributed by atoms with Gasteiger partial charge in [0, 0.05) is 26.2 Å². The molecule has 0 fully saturated rings. The predicted octanol–water partition coefficient (Wildman–Crippen LogP) is 1.80. The number of hydrogen-bond donors (Lipinski definition) is 1. The van der Waals surface area contributed by atoms with E-state index in [0.717, 1.165) is 5.69 Å². The minimum atomic E-state index is -0.381. The van der Waals surface area contributed by atoms with Gasteiger partial charge in [-0.1, -0.05) is 13.8 Å². The van der Waals surface area contributed by atoms with Crippen LogP contribution in [0, 0.1) is 10.1 Å². The van der Waals surface area contributed by atoms with Gasteiger partial charge in [0.2, 0.25) is 5.82 Å². The maximum atomic E-state index is 11.3. The second-order valence-corrected chi connectivity index (χ2v) is 4.92. The Labute approximate surface area is 116 Å².